The van der Waals surface area contributed by atoms with Crippen LogP contribution in [0.2, 0.25) is 5.02 Å². The maximum Gasteiger partial charge on any atom is 0.414 e. The molecule has 0 bridgehead atoms. The Balaban J connectivity index is 1.61. The van der Waals surface area contributed by atoms with E-state index in [9.17, 15) is 10.1 Å². The van der Waals surface area contributed by atoms with Crippen LogP contribution >= 0.6 is 11.6 Å². The summed E-state index contributed by atoms with van der Waals surface area (Å²) in [4.78, 5) is 21.7. The number of imidazole rings is 1. The predicted molar refractivity (Wildman–Crippen MR) is 70.5 cm³/mol. The van der Waals surface area contributed by atoms with E-state index < -0.39 is 4.92 Å². The smallest absolute Gasteiger partial charge is 0.414 e. The minimum Gasteiger partial charge on any atom is -0.460 e. The van der Waals surface area contributed by atoms with E-state index in [0.29, 0.717) is 18.0 Å². The number of aryl methyl sites for hydroxylation is 1. The fourth-order valence-corrected chi connectivity index (χ4v) is 1.98. The van der Waals surface area contributed by atoms with Crippen molar-refractivity contribution in [3.8, 4) is 12.0 Å². The second-order valence-corrected chi connectivity index (χ2v) is 4.79. The SMILES string of the molecule is O=[N+]([O-])c1cn2c(n1)OC(COc1ncc(Cl)cn1)CC2. The molecule has 0 N–H and O–H groups in total. The molecule has 1 atom stereocenters. The quantitative estimate of drug-likeness (QED) is 0.621. The van der Waals surface area contributed by atoms with Crippen molar-refractivity contribution in [3.05, 3.63) is 33.7 Å². The maximum absolute atomic E-state index is 10.7. The van der Waals surface area contributed by atoms with Crippen LogP contribution in [0.15, 0.2) is 18.6 Å². The molecule has 0 aliphatic carbocycles. The molecular weight excluding hydrogens is 302 g/mol. The Kier molecular flexibility index (Phi) is 3.57. The van der Waals surface area contributed by atoms with Crippen LogP contribution in [0, 0.1) is 10.1 Å². The normalized spacial score (nSPS) is 16.9. The Morgan fingerprint density at radius 3 is 3.00 bits per heavy atom. The van der Waals surface area contributed by atoms with Crippen LogP contribution in [-0.2, 0) is 6.54 Å². The largest absolute Gasteiger partial charge is 0.460 e. The molecule has 10 heteroatoms. The molecule has 110 valence electrons. The van der Waals surface area contributed by atoms with Crippen molar-refractivity contribution in [1.82, 2.24) is 19.5 Å². The summed E-state index contributed by atoms with van der Waals surface area (Å²) in [6.07, 6.45) is 4.60. The standard InChI is InChI=1S/C11H10ClN5O4/c12-7-3-13-10(14-4-7)20-6-8-1-2-16-5-9(17(18)19)15-11(16)21-8/h3-5,8H,1-2,6H2. The number of halogens is 1. The first kappa shape index (κ1) is 13.6. The number of fused-ring (bicyclic) bond motifs is 1. The summed E-state index contributed by atoms with van der Waals surface area (Å²) in [5.74, 6) is -0.229. The summed E-state index contributed by atoms with van der Waals surface area (Å²) >= 11 is 5.67. The van der Waals surface area contributed by atoms with Crippen molar-refractivity contribution in [3.63, 3.8) is 0 Å². The molecule has 9 nitrogen and oxygen atoms in total. The fraction of sp³-hybridized carbons (Fsp3) is 0.364. The van der Waals surface area contributed by atoms with Gasteiger partial charge in [0.2, 0.25) is 0 Å². The zero-order valence-corrected chi connectivity index (χ0v) is 11.4. The Morgan fingerprint density at radius 2 is 2.29 bits per heavy atom. The van der Waals surface area contributed by atoms with Crippen LogP contribution < -0.4 is 9.47 Å². The molecule has 0 amide bonds. The lowest BCUT2D eigenvalue weighted by Gasteiger charge is -2.21. The van der Waals surface area contributed by atoms with E-state index in [1.54, 1.807) is 4.57 Å². The molecule has 0 fully saturated rings. The lowest BCUT2D eigenvalue weighted by Crippen LogP contribution is -2.31. The van der Waals surface area contributed by atoms with E-state index >= 15 is 0 Å². The van der Waals surface area contributed by atoms with Crippen molar-refractivity contribution < 1.29 is 14.4 Å². The molecule has 1 unspecified atom stereocenters. The molecule has 2 aromatic rings. The number of rotatable bonds is 4. The van der Waals surface area contributed by atoms with Gasteiger partial charge in [-0.1, -0.05) is 11.6 Å². The van der Waals surface area contributed by atoms with Crippen molar-refractivity contribution in [2.45, 2.75) is 19.1 Å². The van der Waals surface area contributed by atoms with Crippen molar-refractivity contribution in [2.24, 2.45) is 0 Å². The van der Waals surface area contributed by atoms with E-state index in [1.165, 1.54) is 18.6 Å². The van der Waals surface area contributed by atoms with Gasteiger partial charge in [0.15, 0.2) is 0 Å². The topological polar surface area (TPSA) is 105 Å². The molecule has 0 saturated carbocycles. The molecule has 1 aliphatic rings. The maximum atomic E-state index is 10.7. The lowest BCUT2D eigenvalue weighted by atomic mass is 10.2. The second kappa shape index (κ2) is 5.52. The van der Waals surface area contributed by atoms with E-state index in [0.717, 1.165) is 0 Å². The van der Waals surface area contributed by atoms with E-state index in [1.807, 2.05) is 0 Å². The molecule has 1 aliphatic heterocycles. The monoisotopic (exact) mass is 311 g/mol. The second-order valence-electron chi connectivity index (χ2n) is 4.36. The minimum atomic E-state index is -0.554. The average molecular weight is 312 g/mol. The van der Waals surface area contributed by atoms with Crippen LogP contribution in [0.4, 0.5) is 5.82 Å². The highest BCUT2D eigenvalue weighted by molar-refractivity contribution is 6.30. The highest BCUT2D eigenvalue weighted by Crippen LogP contribution is 2.24. The van der Waals surface area contributed by atoms with Gasteiger partial charge in [-0.05, 0) is 4.92 Å². The number of hydrogen-bond donors (Lipinski definition) is 0. The Morgan fingerprint density at radius 1 is 1.52 bits per heavy atom. The Bertz CT molecular complexity index is 659. The van der Waals surface area contributed by atoms with Crippen molar-refractivity contribution in [2.75, 3.05) is 6.61 Å². The van der Waals surface area contributed by atoms with Crippen LogP contribution in [0.3, 0.4) is 0 Å². The molecule has 0 saturated heterocycles. The number of aromatic nitrogens is 4. The third-order valence-corrected chi connectivity index (χ3v) is 3.07. The molecule has 2 aromatic heterocycles. The van der Waals surface area contributed by atoms with Gasteiger partial charge in [-0.15, -0.1) is 0 Å². The summed E-state index contributed by atoms with van der Waals surface area (Å²) in [7, 11) is 0. The van der Waals surface area contributed by atoms with Gasteiger partial charge in [0.1, 0.15) is 18.9 Å². The lowest BCUT2D eigenvalue weighted by molar-refractivity contribution is -0.389. The molecule has 0 aromatic carbocycles. The molecular formula is C11H10ClN5O4. The Labute approximate surface area is 123 Å². The first-order chi connectivity index (χ1) is 10.1. The van der Waals surface area contributed by atoms with E-state index in [-0.39, 0.29) is 30.5 Å². The number of hydrogen-bond acceptors (Lipinski definition) is 7. The summed E-state index contributed by atoms with van der Waals surface area (Å²) in [6, 6.07) is 0.418. The van der Waals surface area contributed by atoms with Gasteiger partial charge in [-0.2, -0.15) is 0 Å². The van der Waals surface area contributed by atoms with Gasteiger partial charge in [0, 0.05) is 17.9 Å². The van der Waals surface area contributed by atoms with E-state index in [2.05, 4.69) is 15.0 Å². The zero-order valence-electron chi connectivity index (χ0n) is 10.7. The summed E-state index contributed by atoms with van der Waals surface area (Å²) in [5.41, 5.74) is 0. The van der Waals surface area contributed by atoms with Crippen LogP contribution in [0.5, 0.6) is 12.0 Å². The molecule has 3 heterocycles. The number of nitrogens with zero attached hydrogens (tertiary/aromatic N) is 5. The van der Waals surface area contributed by atoms with Gasteiger partial charge in [-0.25, -0.2) is 9.97 Å². The third-order valence-electron chi connectivity index (χ3n) is 2.87. The molecule has 3 rings (SSSR count). The summed E-state index contributed by atoms with van der Waals surface area (Å²) in [5, 5.41) is 11.1. The number of nitro groups is 1. The van der Waals surface area contributed by atoms with Crippen LogP contribution in [-0.4, -0.2) is 37.2 Å². The average Bonchev–Trinajstić information content (AvgIpc) is 2.90. The van der Waals surface area contributed by atoms with Crippen molar-refractivity contribution in [1.29, 1.82) is 0 Å². The third kappa shape index (κ3) is 3.02. The zero-order chi connectivity index (χ0) is 14.8. The molecule has 21 heavy (non-hydrogen) atoms. The van der Waals surface area contributed by atoms with Gasteiger partial charge in [0.25, 0.3) is 0 Å². The highest BCUT2D eigenvalue weighted by atomic mass is 35.5. The van der Waals surface area contributed by atoms with Gasteiger partial charge in [0.05, 0.1) is 17.4 Å². The first-order valence-corrected chi connectivity index (χ1v) is 6.48. The van der Waals surface area contributed by atoms with Crippen LogP contribution in [0.25, 0.3) is 0 Å². The predicted octanol–water partition coefficient (Wildman–Crippen LogP) is 1.46. The Hall–Kier alpha value is -2.42. The number of ether oxygens (including phenoxy) is 2. The fourth-order valence-electron chi connectivity index (χ4n) is 1.88. The highest BCUT2D eigenvalue weighted by Gasteiger charge is 2.28. The van der Waals surface area contributed by atoms with Gasteiger partial charge < -0.3 is 19.6 Å². The summed E-state index contributed by atoms with van der Waals surface area (Å²) in [6.45, 7) is 0.800. The first-order valence-electron chi connectivity index (χ1n) is 6.10. The minimum absolute atomic E-state index is 0.197. The molecule has 0 radical (unpaired) electrons. The van der Waals surface area contributed by atoms with Crippen LogP contribution in [0.1, 0.15) is 6.42 Å². The van der Waals surface area contributed by atoms with E-state index in [4.69, 9.17) is 21.1 Å². The molecule has 0 spiro atoms. The van der Waals surface area contributed by atoms with Crippen molar-refractivity contribution >= 4 is 17.4 Å². The van der Waals surface area contributed by atoms with Gasteiger partial charge in [-0.3, -0.25) is 4.57 Å². The van der Waals surface area contributed by atoms with Gasteiger partial charge >= 0.3 is 17.8 Å². The summed E-state index contributed by atoms with van der Waals surface area (Å²) < 4.78 is 12.5.